The van der Waals surface area contributed by atoms with E-state index in [-0.39, 0.29) is 5.56 Å². The zero-order valence-corrected chi connectivity index (χ0v) is 14.9. The Kier molecular flexibility index (Phi) is 4.43. The van der Waals surface area contributed by atoms with Gasteiger partial charge in [0.1, 0.15) is 0 Å². The average molecular weight is 375 g/mol. The molecular formula is C17H17N3O5S. The van der Waals surface area contributed by atoms with Crippen LogP contribution in [0.15, 0.2) is 58.4 Å². The molecule has 1 aromatic carbocycles. The molecule has 2 heterocycles. The number of nitrogens with one attached hydrogen (secondary N) is 2. The van der Waals surface area contributed by atoms with Gasteiger partial charge in [0.2, 0.25) is 5.09 Å². The molecular weight excluding hydrogens is 358 g/mol. The highest BCUT2D eigenvalue weighted by Gasteiger charge is 2.31. The molecule has 136 valence electrons. The molecule has 0 bridgehead atoms. The fourth-order valence-corrected chi connectivity index (χ4v) is 3.66. The molecule has 2 aromatic heterocycles. The molecule has 0 aliphatic heterocycles. The van der Waals surface area contributed by atoms with Crippen molar-refractivity contribution < 1.29 is 22.7 Å². The SMILES string of the molecule is CC(C)(O)c1ccoc1S(=O)(=O)NC(=O)Nc1cccc2cccnc12. The van der Waals surface area contributed by atoms with Crippen LogP contribution in [0.25, 0.3) is 10.9 Å². The minimum absolute atomic E-state index is 0.0460. The van der Waals surface area contributed by atoms with E-state index in [2.05, 4.69) is 10.3 Å². The summed E-state index contributed by atoms with van der Waals surface area (Å²) in [7, 11) is -4.31. The van der Waals surface area contributed by atoms with Crippen LogP contribution in [0.1, 0.15) is 19.4 Å². The number of hydrogen-bond acceptors (Lipinski definition) is 6. The van der Waals surface area contributed by atoms with Crippen LogP contribution in [0.3, 0.4) is 0 Å². The highest BCUT2D eigenvalue weighted by Crippen LogP contribution is 2.28. The number of nitrogens with zero attached hydrogens (tertiary/aromatic N) is 1. The fourth-order valence-electron chi connectivity index (χ4n) is 2.48. The molecule has 0 atom stereocenters. The number of anilines is 1. The number of hydrogen-bond donors (Lipinski definition) is 3. The summed E-state index contributed by atoms with van der Waals surface area (Å²) >= 11 is 0. The van der Waals surface area contributed by atoms with E-state index in [1.165, 1.54) is 19.9 Å². The summed E-state index contributed by atoms with van der Waals surface area (Å²) in [5, 5.41) is 12.8. The normalized spacial score (nSPS) is 12.1. The second-order valence-corrected chi connectivity index (χ2v) is 7.70. The van der Waals surface area contributed by atoms with Crippen molar-refractivity contribution in [1.29, 1.82) is 0 Å². The summed E-state index contributed by atoms with van der Waals surface area (Å²) < 4.78 is 31.7. The van der Waals surface area contributed by atoms with Gasteiger partial charge < -0.3 is 14.8 Å². The van der Waals surface area contributed by atoms with Gasteiger partial charge in [0, 0.05) is 17.1 Å². The van der Waals surface area contributed by atoms with Crippen LogP contribution in [0, 0.1) is 0 Å². The number of para-hydroxylation sites is 1. The third-order valence-corrected chi connectivity index (χ3v) is 4.90. The van der Waals surface area contributed by atoms with E-state index < -0.39 is 26.7 Å². The number of amides is 2. The molecule has 0 spiro atoms. The number of sulfonamides is 1. The molecule has 0 fully saturated rings. The van der Waals surface area contributed by atoms with Gasteiger partial charge in [0.25, 0.3) is 10.0 Å². The van der Waals surface area contributed by atoms with Crippen molar-refractivity contribution in [3.63, 3.8) is 0 Å². The lowest BCUT2D eigenvalue weighted by molar-refractivity contribution is 0.0731. The second-order valence-electron chi connectivity index (χ2n) is 6.12. The van der Waals surface area contributed by atoms with Crippen LogP contribution in [-0.4, -0.2) is 24.5 Å². The number of benzene rings is 1. The summed E-state index contributed by atoms with van der Waals surface area (Å²) in [5.41, 5.74) is -0.520. The fraction of sp³-hybridized carbons (Fsp3) is 0.176. The minimum Gasteiger partial charge on any atom is -0.451 e. The van der Waals surface area contributed by atoms with Gasteiger partial charge in [0.05, 0.1) is 23.1 Å². The molecule has 0 saturated heterocycles. The minimum atomic E-state index is -4.31. The molecule has 8 nitrogen and oxygen atoms in total. The highest BCUT2D eigenvalue weighted by atomic mass is 32.2. The predicted molar refractivity (Wildman–Crippen MR) is 95.0 cm³/mol. The van der Waals surface area contributed by atoms with Gasteiger partial charge in [-0.15, -0.1) is 0 Å². The monoisotopic (exact) mass is 375 g/mol. The third-order valence-electron chi connectivity index (χ3n) is 3.64. The Morgan fingerprint density at radius 2 is 1.92 bits per heavy atom. The second kappa shape index (κ2) is 6.43. The standard InChI is InChI=1S/C17H17N3O5S/c1-17(2,22)12-8-10-25-15(12)26(23,24)20-16(21)19-13-7-3-5-11-6-4-9-18-14(11)13/h3-10,22H,1-2H3,(H2,19,20,21). The molecule has 2 amide bonds. The molecule has 3 rings (SSSR count). The molecule has 9 heteroatoms. The maximum absolute atomic E-state index is 12.4. The number of aromatic nitrogens is 1. The number of furan rings is 1. The van der Waals surface area contributed by atoms with Gasteiger partial charge in [-0.2, -0.15) is 8.42 Å². The van der Waals surface area contributed by atoms with Gasteiger partial charge in [0.15, 0.2) is 0 Å². The first-order valence-electron chi connectivity index (χ1n) is 7.66. The van der Waals surface area contributed by atoms with E-state index >= 15 is 0 Å². The number of rotatable bonds is 4. The van der Waals surface area contributed by atoms with Crippen LogP contribution in [0.2, 0.25) is 0 Å². The zero-order valence-electron chi connectivity index (χ0n) is 14.1. The molecule has 0 saturated carbocycles. The van der Waals surface area contributed by atoms with Crippen molar-refractivity contribution in [3.05, 3.63) is 54.4 Å². The van der Waals surface area contributed by atoms with Crippen molar-refractivity contribution in [2.24, 2.45) is 0 Å². The molecule has 3 aromatic rings. The van der Waals surface area contributed by atoms with E-state index in [1.54, 1.807) is 24.4 Å². The largest absolute Gasteiger partial charge is 0.451 e. The van der Waals surface area contributed by atoms with Gasteiger partial charge in [-0.3, -0.25) is 4.98 Å². The lowest BCUT2D eigenvalue weighted by Crippen LogP contribution is -2.35. The summed E-state index contributed by atoms with van der Waals surface area (Å²) in [5.74, 6) is 0. The Morgan fingerprint density at radius 1 is 1.19 bits per heavy atom. The Balaban J connectivity index is 1.85. The Morgan fingerprint density at radius 3 is 2.65 bits per heavy atom. The van der Waals surface area contributed by atoms with Crippen molar-refractivity contribution in [2.45, 2.75) is 24.5 Å². The van der Waals surface area contributed by atoms with Crippen molar-refractivity contribution in [1.82, 2.24) is 9.71 Å². The molecule has 26 heavy (non-hydrogen) atoms. The van der Waals surface area contributed by atoms with E-state index in [4.69, 9.17) is 4.42 Å². The van der Waals surface area contributed by atoms with E-state index in [0.717, 1.165) is 11.6 Å². The van der Waals surface area contributed by atoms with Crippen LogP contribution in [0.4, 0.5) is 10.5 Å². The lowest BCUT2D eigenvalue weighted by atomic mass is 10.0. The first-order chi connectivity index (χ1) is 12.2. The average Bonchev–Trinajstić information content (AvgIpc) is 3.05. The highest BCUT2D eigenvalue weighted by molar-refractivity contribution is 7.90. The summed E-state index contributed by atoms with van der Waals surface area (Å²) in [6.07, 6.45) is 2.70. The molecule has 0 unspecified atom stereocenters. The third kappa shape index (κ3) is 3.53. The van der Waals surface area contributed by atoms with Crippen molar-refractivity contribution >= 4 is 32.6 Å². The summed E-state index contributed by atoms with van der Waals surface area (Å²) in [6.45, 7) is 2.83. The summed E-state index contributed by atoms with van der Waals surface area (Å²) in [4.78, 5) is 16.4. The Labute approximate surface area is 149 Å². The number of urea groups is 1. The molecule has 0 aliphatic carbocycles. The lowest BCUT2D eigenvalue weighted by Gasteiger charge is -2.17. The van der Waals surface area contributed by atoms with Crippen molar-refractivity contribution in [2.75, 3.05) is 5.32 Å². The number of pyridine rings is 1. The van der Waals surface area contributed by atoms with Gasteiger partial charge in [-0.25, -0.2) is 9.52 Å². The molecule has 3 N–H and O–H groups in total. The first kappa shape index (κ1) is 17.9. The van der Waals surface area contributed by atoms with Crippen LogP contribution in [0.5, 0.6) is 0 Å². The van der Waals surface area contributed by atoms with E-state index in [9.17, 15) is 18.3 Å². The van der Waals surface area contributed by atoms with E-state index in [0.29, 0.717) is 11.2 Å². The maximum Gasteiger partial charge on any atom is 0.333 e. The number of fused-ring (bicyclic) bond motifs is 1. The number of carbonyl (C=O) groups is 1. The van der Waals surface area contributed by atoms with Crippen molar-refractivity contribution in [3.8, 4) is 0 Å². The summed E-state index contributed by atoms with van der Waals surface area (Å²) in [6, 6.07) is 9.08. The first-order valence-corrected chi connectivity index (χ1v) is 9.15. The number of carbonyl (C=O) groups excluding carboxylic acids is 1. The maximum atomic E-state index is 12.4. The van der Waals surface area contributed by atoms with E-state index in [1.807, 2.05) is 16.9 Å². The number of aliphatic hydroxyl groups is 1. The molecule has 0 aliphatic rings. The smallest absolute Gasteiger partial charge is 0.333 e. The Hall–Kier alpha value is -2.91. The topological polar surface area (TPSA) is 122 Å². The van der Waals surface area contributed by atoms with Gasteiger partial charge in [-0.1, -0.05) is 18.2 Å². The predicted octanol–water partition coefficient (Wildman–Crippen LogP) is 2.57. The van der Waals surface area contributed by atoms with Crippen LogP contribution < -0.4 is 10.0 Å². The zero-order chi connectivity index (χ0) is 18.9. The van der Waals surface area contributed by atoms with Crippen LogP contribution in [-0.2, 0) is 15.6 Å². The molecule has 0 radical (unpaired) electrons. The van der Waals surface area contributed by atoms with Gasteiger partial charge >= 0.3 is 6.03 Å². The van der Waals surface area contributed by atoms with Gasteiger partial charge in [-0.05, 0) is 32.0 Å². The van der Waals surface area contributed by atoms with Crippen LogP contribution >= 0.6 is 0 Å². The quantitative estimate of drug-likeness (QED) is 0.644. The Bertz CT molecular complexity index is 1060.